The zero-order valence-electron chi connectivity index (χ0n) is 22.4. The molecule has 41 heavy (non-hydrogen) atoms. The second-order valence-corrected chi connectivity index (χ2v) is 12.9. The van der Waals surface area contributed by atoms with E-state index in [1.807, 2.05) is 0 Å². The van der Waals surface area contributed by atoms with Gasteiger partial charge in [-0.15, -0.1) is 0 Å². The molecule has 3 aliphatic rings. The molecule has 2 aliphatic heterocycles. The van der Waals surface area contributed by atoms with Crippen molar-refractivity contribution >= 4 is 44.0 Å². The van der Waals surface area contributed by atoms with Crippen molar-refractivity contribution in [3.63, 3.8) is 0 Å². The van der Waals surface area contributed by atoms with Crippen LogP contribution in [0.25, 0.3) is 11.0 Å². The summed E-state index contributed by atoms with van der Waals surface area (Å²) in [6.07, 6.45) is 1.61. The lowest BCUT2D eigenvalue weighted by Crippen LogP contribution is -2.57. The predicted molar refractivity (Wildman–Crippen MR) is 147 cm³/mol. The lowest BCUT2D eigenvalue weighted by Gasteiger charge is -2.36. The molecule has 2 aromatic heterocycles. The van der Waals surface area contributed by atoms with E-state index in [4.69, 9.17) is 25.8 Å². The number of ketones is 2. The monoisotopic (exact) mass is 601 g/mol. The summed E-state index contributed by atoms with van der Waals surface area (Å²) < 4.78 is 42.7. The van der Waals surface area contributed by atoms with Crippen molar-refractivity contribution in [3.8, 4) is 17.2 Å². The minimum atomic E-state index is -3.32. The molecule has 0 N–H and O–H groups in total. The molecule has 0 radical (unpaired) electrons. The largest absolute Gasteiger partial charge is 0.496 e. The summed E-state index contributed by atoms with van der Waals surface area (Å²) in [6.45, 7) is 1.46. The summed E-state index contributed by atoms with van der Waals surface area (Å²) in [4.78, 5) is 59.3. The number of aromatic nitrogens is 3. The molecule has 0 amide bonds. The Kier molecular flexibility index (Phi) is 5.98. The predicted octanol–water partition coefficient (Wildman–Crippen LogP) is 1.51. The van der Waals surface area contributed by atoms with E-state index >= 15 is 0 Å². The standard InChI is InChI=1S/C27H24ClN3O9S/c1-12-7-16-14(22(32)27(12)23(33)19-17(38-3)9-18(39-4)20(28)21(19)40-27)8-15-24(29-16)30(2)26(35)31(25(15)34)10-13-5-6-41(36,37)11-13/h5,8-9,12H,6-7,10-11H2,1-4H3. The van der Waals surface area contributed by atoms with Gasteiger partial charge in [0.25, 0.3) is 5.56 Å². The minimum absolute atomic E-state index is 0.00349. The van der Waals surface area contributed by atoms with Gasteiger partial charge < -0.3 is 14.2 Å². The van der Waals surface area contributed by atoms with Gasteiger partial charge in [-0.2, -0.15) is 0 Å². The van der Waals surface area contributed by atoms with E-state index in [0.717, 1.165) is 4.57 Å². The lowest BCUT2D eigenvalue weighted by atomic mass is 9.71. The van der Waals surface area contributed by atoms with Gasteiger partial charge in [0, 0.05) is 24.6 Å². The van der Waals surface area contributed by atoms with Gasteiger partial charge in [0.05, 0.1) is 43.4 Å². The Balaban J connectivity index is 1.51. The molecule has 1 spiro atoms. The molecule has 1 aliphatic carbocycles. The number of benzene rings is 1. The maximum absolute atomic E-state index is 14.2. The minimum Gasteiger partial charge on any atom is -0.496 e. The van der Waals surface area contributed by atoms with Gasteiger partial charge >= 0.3 is 5.69 Å². The van der Waals surface area contributed by atoms with E-state index in [-0.39, 0.29) is 68.9 Å². The molecule has 3 aromatic rings. The van der Waals surface area contributed by atoms with Crippen molar-refractivity contribution in [3.05, 3.63) is 66.5 Å². The van der Waals surface area contributed by atoms with Crippen LogP contribution in [-0.4, -0.2) is 65.4 Å². The van der Waals surface area contributed by atoms with Gasteiger partial charge in [-0.25, -0.2) is 18.2 Å². The third-order valence-corrected chi connectivity index (χ3v) is 9.82. The van der Waals surface area contributed by atoms with Crippen molar-refractivity contribution in [2.75, 3.05) is 25.7 Å². The third kappa shape index (κ3) is 3.71. The highest BCUT2D eigenvalue weighted by molar-refractivity contribution is 7.92. The number of sulfone groups is 1. The Hall–Kier alpha value is -3.97. The molecular weight excluding hydrogens is 578 g/mol. The SMILES string of the molecule is COc1cc(OC)c2c(c1Cl)OC1(C(=O)c3cc4c(=O)n(CC5=CCS(=O)(=O)C5)c(=O)n(C)c4nc3CC1C)C2=O. The average Bonchev–Trinajstić information content (AvgIpc) is 3.45. The van der Waals surface area contributed by atoms with Crippen molar-refractivity contribution in [2.45, 2.75) is 25.5 Å². The average molecular weight is 602 g/mol. The fourth-order valence-electron chi connectivity index (χ4n) is 5.84. The Morgan fingerprint density at radius 3 is 2.46 bits per heavy atom. The zero-order valence-corrected chi connectivity index (χ0v) is 24.0. The smallest absolute Gasteiger partial charge is 0.332 e. The maximum Gasteiger partial charge on any atom is 0.332 e. The quantitative estimate of drug-likeness (QED) is 0.318. The summed E-state index contributed by atoms with van der Waals surface area (Å²) in [5.41, 5.74) is -2.59. The molecule has 1 aromatic carbocycles. The van der Waals surface area contributed by atoms with Crippen LogP contribution in [0.3, 0.4) is 0 Å². The van der Waals surface area contributed by atoms with Crippen molar-refractivity contribution < 1.29 is 32.2 Å². The number of halogens is 1. The molecule has 4 heterocycles. The normalized spacial score (nSPS) is 22.5. The van der Waals surface area contributed by atoms with E-state index in [9.17, 15) is 27.6 Å². The first-order valence-corrected chi connectivity index (χ1v) is 14.8. The van der Waals surface area contributed by atoms with Gasteiger partial charge in [0.15, 0.2) is 15.6 Å². The number of methoxy groups -OCH3 is 2. The van der Waals surface area contributed by atoms with E-state index < -0.39 is 44.2 Å². The highest BCUT2D eigenvalue weighted by Crippen LogP contribution is 2.53. The molecule has 214 valence electrons. The van der Waals surface area contributed by atoms with Gasteiger partial charge in [-0.1, -0.05) is 24.6 Å². The number of Topliss-reactive ketones (excluding diaryl/α,β-unsaturated/α-hetero) is 2. The number of fused-ring (bicyclic) bond motifs is 3. The second kappa shape index (κ2) is 9.02. The van der Waals surface area contributed by atoms with Crippen LogP contribution in [0.2, 0.25) is 5.02 Å². The molecule has 12 nitrogen and oxygen atoms in total. The van der Waals surface area contributed by atoms with Gasteiger partial charge in [0.1, 0.15) is 27.7 Å². The first kappa shape index (κ1) is 27.2. The zero-order chi connectivity index (χ0) is 29.6. The second-order valence-electron chi connectivity index (χ2n) is 10.4. The maximum atomic E-state index is 14.2. The van der Waals surface area contributed by atoms with Crippen molar-refractivity contribution in [1.29, 1.82) is 0 Å². The number of carbonyl (C=O) groups excluding carboxylic acids is 2. The van der Waals surface area contributed by atoms with Gasteiger partial charge in [0.2, 0.25) is 17.2 Å². The summed E-state index contributed by atoms with van der Waals surface area (Å²) in [6, 6.07) is 2.77. The van der Waals surface area contributed by atoms with Crippen LogP contribution in [0.15, 0.2) is 33.4 Å². The van der Waals surface area contributed by atoms with E-state index in [0.29, 0.717) is 11.3 Å². The number of hydrogen-bond donors (Lipinski definition) is 0. The van der Waals surface area contributed by atoms with Gasteiger partial charge in [-0.3, -0.25) is 23.5 Å². The lowest BCUT2D eigenvalue weighted by molar-refractivity contribution is 0.0257. The van der Waals surface area contributed by atoms with Crippen molar-refractivity contribution in [1.82, 2.24) is 14.1 Å². The number of rotatable bonds is 4. The first-order valence-electron chi connectivity index (χ1n) is 12.6. The van der Waals surface area contributed by atoms with Crippen LogP contribution in [0.5, 0.6) is 17.2 Å². The Bertz CT molecular complexity index is 1990. The number of nitrogens with zero attached hydrogens (tertiary/aromatic N) is 3. The highest BCUT2D eigenvalue weighted by atomic mass is 35.5. The summed E-state index contributed by atoms with van der Waals surface area (Å²) in [5, 5.41) is -0.0253. The molecule has 0 bridgehead atoms. The number of pyridine rings is 1. The third-order valence-electron chi connectivity index (χ3n) is 7.98. The fraction of sp³-hybridized carbons (Fsp3) is 0.370. The van der Waals surface area contributed by atoms with Crippen LogP contribution in [-0.2, 0) is 29.9 Å². The highest BCUT2D eigenvalue weighted by Gasteiger charge is 2.62. The van der Waals surface area contributed by atoms with Crippen LogP contribution in [0.4, 0.5) is 0 Å². The molecule has 2 unspecified atom stereocenters. The number of hydrogen-bond acceptors (Lipinski definition) is 10. The summed E-state index contributed by atoms with van der Waals surface area (Å²) >= 11 is 6.48. The molecule has 0 saturated heterocycles. The molecule has 0 fully saturated rings. The van der Waals surface area contributed by atoms with E-state index in [1.165, 1.54) is 44.0 Å². The number of carbonyl (C=O) groups is 2. The van der Waals surface area contributed by atoms with Crippen LogP contribution in [0, 0.1) is 5.92 Å². The van der Waals surface area contributed by atoms with E-state index in [2.05, 4.69) is 4.98 Å². The topological polar surface area (TPSA) is 153 Å². The number of ether oxygens (including phenoxy) is 3. The van der Waals surface area contributed by atoms with E-state index in [1.54, 1.807) is 6.92 Å². The Morgan fingerprint density at radius 2 is 1.83 bits per heavy atom. The van der Waals surface area contributed by atoms with Crippen LogP contribution in [0.1, 0.15) is 33.3 Å². The number of aryl methyl sites for hydroxylation is 1. The molecule has 0 saturated carbocycles. The molecule has 2 atom stereocenters. The van der Waals surface area contributed by atoms with Crippen LogP contribution < -0.4 is 25.5 Å². The fourth-order valence-corrected chi connectivity index (χ4v) is 7.49. The summed E-state index contributed by atoms with van der Waals surface area (Å²) in [7, 11) is 0.882. The van der Waals surface area contributed by atoms with Crippen LogP contribution >= 0.6 is 11.6 Å². The molecule has 14 heteroatoms. The molecular formula is C27H24ClN3O9S. The summed E-state index contributed by atoms with van der Waals surface area (Å²) in [5.74, 6) is -2.16. The molecule has 6 rings (SSSR count). The Labute approximate surface area is 238 Å². The Morgan fingerprint density at radius 1 is 1.12 bits per heavy atom. The van der Waals surface area contributed by atoms with Gasteiger partial charge in [-0.05, 0) is 18.1 Å². The first-order chi connectivity index (χ1) is 19.3. The van der Waals surface area contributed by atoms with Crippen molar-refractivity contribution in [2.24, 2.45) is 13.0 Å².